The van der Waals surface area contributed by atoms with E-state index in [4.69, 9.17) is 0 Å². The zero-order valence-corrected chi connectivity index (χ0v) is 14.2. The number of carbonyl (C=O) groups is 2. The van der Waals surface area contributed by atoms with Crippen LogP contribution in [0.4, 0.5) is 5.69 Å². The largest absolute Gasteiger partial charge is 0.298 e. The Morgan fingerprint density at radius 2 is 1.56 bits per heavy atom. The number of hydrogen-bond donors (Lipinski definition) is 2. The van der Waals surface area contributed by atoms with Crippen LogP contribution in [0.1, 0.15) is 35.2 Å². The van der Waals surface area contributed by atoms with Gasteiger partial charge in [-0.3, -0.25) is 25.3 Å². The van der Waals surface area contributed by atoms with Crippen LogP contribution >= 0.6 is 0 Å². The van der Waals surface area contributed by atoms with Crippen molar-refractivity contribution in [2.45, 2.75) is 19.3 Å². The first-order valence-electron chi connectivity index (χ1n) is 8.70. The number of amides is 1. The average Bonchev–Trinajstić information content (AvgIpc) is 2.67. The SMILES string of the molecule is O=C(CN1CCCCC1)NNc1ccccc1C(=O)c1ccccc1. The lowest BCUT2D eigenvalue weighted by Crippen LogP contribution is -2.41. The van der Waals surface area contributed by atoms with E-state index in [1.165, 1.54) is 6.42 Å². The van der Waals surface area contributed by atoms with Gasteiger partial charge in [0.15, 0.2) is 5.78 Å². The second kappa shape index (κ2) is 8.44. The van der Waals surface area contributed by atoms with E-state index in [9.17, 15) is 9.59 Å². The second-order valence-electron chi connectivity index (χ2n) is 6.25. The van der Waals surface area contributed by atoms with Crippen molar-refractivity contribution < 1.29 is 9.59 Å². The molecule has 1 saturated heterocycles. The number of benzene rings is 2. The lowest BCUT2D eigenvalue weighted by molar-refractivity contribution is -0.121. The summed E-state index contributed by atoms with van der Waals surface area (Å²) >= 11 is 0. The van der Waals surface area contributed by atoms with E-state index in [0.717, 1.165) is 25.9 Å². The predicted molar refractivity (Wildman–Crippen MR) is 98.4 cm³/mol. The van der Waals surface area contributed by atoms with Crippen molar-refractivity contribution >= 4 is 17.4 Å². The van der Waals surface area contributed by atoms with Crippen LogP contribution < -0.4 is 10.9 Å². The number of rotatable bonds is 6. The Bertz CT molecular complexity index is 725. The maximum Gasteiger partial charge on any atom is 0.252 e. The molecule has 1 aliphatic heterocycles. The van der Waals surface area contributed by atoms with Crippen LogP contribution in [0.5, 0.6) is 0 Å². The maximum atomic E-state index is 12.7. The number of hydrazine groups is 1. The molecule has 130 valence electrons. The summed E-state index contributed by atoms with van der Waals surface area (Å²) in [5.74, 6) is -0.169. The summed E-state index contributed by atoms with van der Waals surface area (Å²) in [7, 11) is 0. The standard InChI is InChI=1S/C20H23N3O2/c24-19(15-23-13-7-2-8-14-23)22-21-18-12-6-5-11-17(18)20(25)16-9-3-1-4-10-16/h1,3-6,9-12,21H,2,7-8,13-15H2,(H,22,24). The van der Waals surface area contributed by atoms with Crippen LogP contribution in [-0.2, 0) is 4.79 Å². The average molecular weight is 337 g/mol. The molecule has 1 amide bonds. The van der Waals surface area contributed by atoms with E-state index in [2.05, 4.69) is 15.8 Å². The molecular weight excluding hydrogens is 314 g/mol. The van der Waals surface area contributed by atoms with Crippen molar-refractivity contribution in [3.05, 3.63) is 65.7 Å². The number of nitrogens with zero attached hydrogens (tertiary/aromatic N) is 1. The molecule has 0 spiro atoms. The minimum absolute atomic E-state index is 0.0750. The van der Waals surface area contributed by atoms with E-state index in [1.54, 1.807) is 24.3 Å². The highest BCUT2D eigenvalue weighted by atomic mass is 16.2. The molecule has 1 heterocycles. The maximum absolute atomic E-state index is 12.7. The number of anilines is 1. The summed E-state index contributed by atoms with van der Waals surface area (Å²) in [6, 6.07) is 16.3. The van der Waals surface area contributed by atoms with Gasteiger partial charge in [0.25, 0.3) is 5.91 Å². The highest BCUT2D eigenvalue weighted by molar-refractivity contribution is 6.12. The third-order valence-electron chi connectivity index (χ3n) is 4.36. The summed E-state index contributed by atoms with van der Waals surface area (Å²) in [5, 5.41) is 0. The number of nitrogens with one attached hydrogen (secondary N) is 2. The summed E-state index contributed by atoms with van der Waals surface area (Å²) in [6.45, 7) is 2.31. The van der Waals surface area contributed by atoms with Crippen LogP contribution in [0, 0.1) is 0 Å². The van der Waals surface area contributed by atoms with Crippen LogP contribution in [-0.4, -0.2) is 36.2 Å². The smallest absolute Gasteiger partial charge is 0.252 e. The molecule has 2 aromatic carbocycles. The minimum atomic E-state index is -0.0936. The van der Waals surface area contributed by atoms with Gasteiger partial charge < -0.3 is 0 Å². The second-order valence-corrected chi connectivity index (χ2v) is 6.25. The minimum Gasteiger partial charge on any atom is -0.298 e. The number of carbonyl (C=O) groups excluding carboxylic acids is 2. The molecule has 0 atom stereocenters. The fourth-order valence-corrected chi connectivity index (χ4v) is 3.03. The van der Waals surface area contributed by atoms with Crippen LogP contribution in [0.2, 0.25) is 0 Å². The van der Waals surface area contributed by atoms with Gasteiger partial charge in [0, 0.05) is 11.1 Å². The van der Waals surface area contributed by atoms with Gasteiger partial charge in [-0.1, -0.05) is 48.9 Å². The molecule has 5 nitrogen and oxygen atoms in total. The highest BCUT2D eigenvalue weighted by Crippen LogP contribution is 2.18. The third-order valence-corrected chi connectivity index (χ3v) is 4.36. The van der Waals surface area contributed by atoms with Gasteiger partial charge >= 0.3 is 0 Å². The lowest BCUT2D eigenvalue weighted by Gasteiger charge is -2.25. The molecule has 1 fully saturated rings. The molecule has 0 bridgehead atoms. The molecule has 25 heavy (non-hydrogen) atoms. The predicted octanol–water partition coefficient (Wildman–Crippen LogP) is 2.85. The third kappa shape index (κ3) is 4.67. The van der Waals surface area contributed by atoms with Gasteiger partial charge in [-0.2, -0.15) is 0 Å². The molecule has 0 unspecified atom stereocenters. The summed E-state index contributed by atoms with van der Waals surface area (Å²) in [5.41, 5.74) is 7.37. The van der Waals surface area contributed by atoms with Crippen molar-refractivity contribution in [3.63, 3.8) is 0 Å². The van der Waals surface area contributed by atoms with Gasteiger partial charge in [0.2, 0.25) is 0 Å². The number of piperidine rings is 1. The summed E-state index contributed by atoms with van der Waals surface area (Å²) < 4.78 is 0. The van der Waals surface area contributed by atoms with Crippen LogP contribution in [0.15, 0.2) is 54.6 Å². The number of ketones is 1. The Morgan fingerprint density at radius 3 is 2.32 bits per heavy atom. The van der Waals surface area contributed by atoms with Gasteiger partial charge in [0.05, 0.1) is 12.2 Å². The fraction of sp³-hybridized carbons (Fsp3) is 0.300. The Labute approximate surface area is 148 Å². The van der Waals surface area contributed by atoms with Crippen molar-refractivity contribution in [1.29, 1.82) is 0 Å². The van der Waals surface area contributed by atoms with Gasteiger partial charge in [-0.25, -0.2) is 0 Å². The quantitative estimate of drug-likeness (QED) is 0.628. The van der Waals surface area contributed by atoms with E-state index in [-0.39, 0.29) is 11.7 Å². The molecule has 2 aromatic rings. The first-order valence-corrected chi connectivity index (χ1v) is 8.70. The van der Waals surface area contributed by atoms with Crippen molar-refractivity contribution in [1.82, 2.24) is 10.3 Å². The Kier molecular flexibility index (Phi) is 5.80. The first kappa shape index (κ1) is 17.2. The van der Waals surface area contributed by atoms with Crippen molar-refractivity contribution in [3.8, 4) is 0 Å². The van der Waals surface area contributed by atoms with Gasteiger partial charge in [0.1, 0.15) is 0 Å². The molecule has 0 aliphatic carbocycles. The van der Waals surface area contributed by atoms with Crippen molar-refractivity contribution in [2.24, 2.45) is 0 Å². The van der Waals surface area contributed by atoms with Gasteiger partial charge in [-0.15, -0.1) is 0 Å². The number of hydrogen-bond acceptors (Lipinski definition) is 4. The topological polar surface area (TPSA) is 61.4 Å². The Morgan fingerprint density at radius 1 is 0.880 bits per heavy atom. The molecule has 0 saturated carbocycles. The zero-order chi connectivity index (χ0) is 17.5. The molecule has 1 aliphatic rings. The molecule has 2 N–H and O–H groups in total. The van der Waals surface area contributed by atoms with Crippen LogP contribution in [0.25, 0.3) is 0 Å². The molecule has 0 aromatic heterocycles. The van der Waals surface area contributed by atoms with E-state index in [1.807, 2.05) is 30.3 Å². The number of para-hydroxylation sites is 1. The summed E-state index contributed by atoms with van der Waals surface area (Å²) in [4.78, 5) is 27.0. The lowest BCUT2D eigenvalue weighted by atomic mass is 10.0. The summed E-state index contributed by atoms with van der Waals surface area (Å²) in [6.07, 6.45) is 3.54. The normalized spacial score (nSPS) is 14.7. The highest BCUT2D eigenvalue weighted by Gasteiger charge is 2.15. The monoisotopic (exact) mass is 337 g/mol. The number of likely N-dealkylation sites (tertiary alicyclic amines) is 1. The Balaban J connectivity index is 1.63. The van der Waals surface area contributed by atoms with Crippen molar-refractivity contribution in [2.75, 3.05) is 25.1 Å². The Hall–Kier alpha value is -2.66. The molecule has 5 heteroatoms. The molecule has 3 rings (SSSR count). The van der Waals surface area contributed by atoms with E-state index >= 15 is 0 Å². The van der Waals surface area contributed by atoms with Gasteiger partial charge in [-0.05, 0) is 38.1 Å². The van der Waals surface area contributed by atoms with E-state index in [0.29, 0.717) is 23.4 Å². The van der Waals surface area contributed by atoms with Crippen LogP contribution in [0.3, 0.4) is 0 Å². The van der Waals surface area contributed by atoms with E-state index < -0.39 is 0 Å². The fourth-order valence-electron chi connectivity index (χ4n) is 3.03. The molecular formula is C20H23N3O2. The molecule has 0 radical (unpaired) electrons. The zero-order valence-electron chi connectivity index (χ0n) is 14.2. The first-order chi connectivity index (χ1) is 12.2.